The highest BCUT2D eigenvalue weighted by atomic mass is 19.2. The normalized spacial score (nSPS) is 12.2. The molecule has 0 bridgehead atoms. The van der Waals surface area contributed by atoms with E-state index in [2.05, 4.69) is 4.98 Å². The predicted octanol–water partition coefficient (Wildman–Crippen LogP) is 3.21. The number of hydrogen-bond donors (Lipinski definition) is 1. The summed E-state index contributed by atoms with van der Waals surface area (Å²) in [5.74, 6) is -1.51. The number of pyridine rings is 1. The summed E-state index contributed by atoms with van der Waals surface area (Å²) >= 11 is 0. The molecule has 3 nitrogen and oxygen atoms in total. The van der Waals surface area contributed by atoms with Crippen LogP contribution in [0, 0.1) is 11.6 Å². The van der Waals surface area contributed by atoms with E-state index in [1.54, 1.807) is 19.1 Å². The second-order valence-electron chi connectivity index (χ2n) is 3.78. The molecular formula is C13H11F2NO2. The first kappa shape index (κ1) is 12.4. The van der Waals surface area contributed by atoms with E-state index in [1.807, 2.05) is 0 Å². The molecule has 5 heteroatoms. The number of nitrogens with zero attached hydrogens (tertiary/aromatic N) is 1. The summed E-state index contributed by atoms with van der Waals surface area (Å²) in [5.41, 5.74) is 0.646. The average molecular weight is 251 g/mol. The van der Waals surface area contributed by atoms with Gasteiger partial charge in [0.1, 0.15) is 5.75 Å². The maximum absolute atomic E-state index is 12.9. The van der Waals surface area contributed by atoms with E-state index in [0.29, 0.717) is 5.56 Å². The summed E-state index contributed by atoms with van der Waals surface area (Å²) in [6.45, 7) is 1.62. The lowest BCUT2D eigenvalue weighted by Gasteiger charge is -2.07. The van der Waals surface area contributed by atoms with Gasteiger partial charge in [-0.05, 0) is 30.7 Å². The van der Waals surface area contributed by atoms with Gasteiger partial charge in [-0.1, -0.05) is 0 Å². The third-order valence-electron chi connectivity index (χ3n) is 2.36. The van der Waals surface area contributed by atoms with Gasteiger partial charge in [0.15, 0.2) is 11.6 Å². The number of halogens is 2. The quantitative estimate of drug-likeness (QED) is 0.910. The van der Waals surface area contributed by atoms with Crippen LogP contribution in [0.25, 0.3) is 0 Å². The topological polar surface area (TPSA) is 42.4 Å². The van der Waals surface area contributed by atoms with Crippen molar-refractivity contribution in [1.29, 1.82) is 0 Å². The Morgan fingerprint density at radius 3 is 2.50 bits per heavy atom. The zero-order chi connectivity index (χ0) is 13.1. The fourth-order valence-electron chi connectivity index (χ4n) is 1.36. The lowest BCUT2D eigenvalue weighted by atomic mass is 10.2. The van der Waals surface area contributed by atoms with Crippen LogP contribution in [0.1, 0.15) is 18.6 Å². The van der Waals surface area contributed by atoms with Crippen LogP contribution in [0.2, 0.25) is 0 Å². The average Bonchev–Trinajstić information content (AvgIpc) is 2.34. The molecular weight excluding hydrogens is 240 g/mol. The number of benzene rings is 1. The number of hydrogen-bond acceptors (Lipinski definition) is 3. The molecule has 0 radical (unpaired) electrons. The Morgan fingerprint density at radius 2 is 1.94 bits per heavy atom. The van der Waals surface area contributed by atoms with Gasteiger partial charge >= 0.3 is 0 Å². The van der Waals surface area contributed by atoms with E-state index >= 15 is 0 Å². The van der Waals surface area contributed by atoms with Crippen molar-refractivity contribution >= 4 is 0 Å². The highest BCUT2D eigenvalue weighted by Crippen LogP contribution is 2.22. The zero-order valence-electron chi connectivity index (χ0n) is 9.60. The number of aromatic nitrogens is 1. The van der Waals surface area contributed by atoms with Crippen molar-refractivity contribution in [2.24, 2.45) is 0 Å². The number of aliphatic hydroxyl groups is 1. The summed E-state index contributed by atoms with van der Waals surface area (Å²) in [5, 5.41) is 9.30. The highest BCUT2D eigenvalue weighted by molar-refractivity contribution is 5.29. The lowest BCUT2D eigenvalue weighted by molar-refractivity contribution is 0.198. The standard InChI is InChI=1S/C13H11F2NO2/c1-8(17)9-2-5-13(16-7-9)18-10-3-4-11(14)12(15)6-10/h2-8,17H,1H3/t8-/m1/s1. The molecule has 2 aromatic rings. The Morgan fingerprint density at radius 1 is 1.17 bits per heavy atom. The molecule has 0 aliphatic rings. The molecule has 0 spiro atoms. The van der Waals surface area contributed by atoms with Crippen LogP contribution in [0.15, 0.2) is 36.5 Å². The molecule has 1 atom stereocenters. The van der Waals surface area contributed by atoms with Crippen LogP contribution < -0.4 is 4.74 Å². The van der Waals surface area contributed by atoms with E-state index in [-0.39, 0.29) is 11.6 Å². The van der Waals surface area contributed by atoms with Crippen LogP contribution in [-0.4, -0.2) is 10.1 Å². The van der Waals surface area contributed by atoms with Crippen molar-refractivity contribution < 1.29 is 18.6 Å². The summed E-state index contributed by atoms with van der Waals surface area (Å²) in [7, 11) is 0. The Balaban J connectivity index is 2.15. The minimum absolute atomic E-state index is 0.159. The van der Waals surface area contributed by atoms with Crippen molar-refractivity contribution in [3.05, 3.63) is 53.7 Å². The largest absolute Gasteiger partial charge is 0.439 e. The Kier molecular flexibility index (Phi) is 3.53. The third kappa shape index (κ3) is 2.81. The summed E-state index contributed by atoms with van der Waals surface area (Å²) in [6, 6.07) is 6.42. The van der Waals surface area contributed by atoms with E-state index in [4.69, 9.17) is 4.74 Å². The van der Waals surface area contributed by atoms with Gasteiger partial charge in [-0.25, -0.2) is 13.8 Å². The Hall–Kier alpha value is -2.01. The lowest BCUT2D eigenvalue weighted by Crippen LogP contribution is -1.94. The Labute approximate surface area is 103 Å². The molecule has 0 saturated heterocycles. The molecule has 1 heterocycles. The second-order valence-corrected chi connectivity index (χ2v) is 3.78. The van der Waals surface area contributed by atoms with Gasteiger partial charge in [0.25, 0.3) is 0 Å². The molecule has 0 amide bonds. The summed E-state index contributed by atoms with van der Waals surface area (Å²) < 4.78 is 30.9. The fourth-order valence-corrected chi connectivity index (χ4v) is 1.36. The molecule has 18 heavy (non-hydrogen) atoms. The van der Waals surface area contributed by atoms with Crippen molar-refractivity contribution in [2.75, 3.05) is 0 Å². The van der Waals surface area contributed by atoms with Crippen molar-refractivity contribution in [3.8, 4) is 11.6 Å². The summed E-state index contributed by atoms with van der Waals surface area (Å²) in [4.78, 5) is 3.95. The minimum atomic E-state index is -0.979. The van der Waals surface area contributed by atoms with Crippen LogP contribution in [-0.2, 0) is 0 Å². The third-order valence-corrected chi connectivity index (χ3v) is 2.36. The van der Waals surface area contributed by atoms with Crippen LogP contribution in [0.5, 0.6) is 11.6 Å². The molecule has 0 saturated carbocycles. The van der Waals surface area contributed by atoms with Crippen LogP contribution >= 0.6 is 0 Å². The molecule has 0 aliphatic carbocycles. The van der Waals surface area contributed by atoms with Crippen LogP contribution in [0.4, 0.5) is 8.78 Å². The first-order valence-electron chi connectivity index (χ1n) is 5.33. The molecule has 0 fully saturated rings. The maximum Gasteiger partial charge on any atom is 0.219 e. The predicted molar refractivity (Wildman–Crippen MR) is 61.3 cm³/mol. The number of rotatable bonds is 3. The number of aliphatic hydroxyl groups excluding tert-OH is 1. The summed E-state index contributed by atoms with van der Waals surface area (Å²) in [6.07, 6.45) is 0.842. The molecule has 1 N–H and O–H groups in total. The first-order chi connectivity index (χ1) is 8.56. The van der Waals surface area contributed by atoms with Gasteiger partial charge in [0.2, 0.25) is 5.88 Å². The number of ether oxygens (including phenoxy) is 1. The van der Waals surface area contributed by atoms with E-state index in [9.17, 15) is 13.9 Å². The fraction of sp³-hybridized carbons (Fsp3) is 0.154. The molecule has 0 aliphatic heterocycles. The molecule has 2 rings (SSSR count). The smallest absolute Gasteiger partial charge is 0.219 e. The molecule has 0 unspecified atom stereocenters. The van der Waals surface area contributed by atoms with Crippen molar-refractivity contribution in [1.82, 2.24) is 4.98 Å². The molecule has 94 valence electrons. The first-order valence-corrected chi connectivity index (χ1v) is 5.33. The van der Waals surface area contributed by atoms with Gasteiger partial charge in [-0.15, -0.1) is 0 Å². The van der Waals surface area contributed by atoms with Gasteiger partial charge < -0.3 is 9.84 Å². The molecule has 1 aromatic carbocycles. The van der Waals surface area contributed by atoms with Crippen molar-refractivity contribution in [2.45, 2.75) is 13.0 Å². The monoisotopic (exact) mass is 251 g/mol. The highest BCUT2D eigenvalue weighted by Gasteiger charge is 2.06. The maximum atomic E-state index is 12.9. The SMILES string of the molecule is C[C@@H](O)c1ccc(Oc2ccc(F)c(F)c2)nc1. The van der Waals surface area contributed by atoms with Gasteiger partial charge in [-0.3, -0.25) is 0 Å². The Bertz CT molecular complexity index is 541. The van der Waals surface area contributed by atoms with Crippen molar-refractivity contribution in [3.63, 3.8) is 0 Å². The van der Waals surface area contributed by atoms with Gasteiger partial charge in [0.05, 0.1) is 6.10 Å². The van der Waals surface area contributed by atoms with Crippen LogP contribution in [0.3, 0.4) is 0 Å². The zero-order valence-corrected chi connectivity index (χ0v) is 9.60. The van der Waals surface area contributed by atoms with Gasteiger partial charge in [0, 0.05) is 18.3 Å². The van der Waals surface area contributed by atoms with Gasteiger partial charge in [-0.2, -0.15) is 0 Å². The molecule has 1 aromatic heterocycles. The van der Waals surface area contributed by atoms with E-state index in [1.165, 1.54) is 12.3 Å². The van der Waals surface area contributed by atoms with E-state index in [0.717, 1.165) is 12.1 Å². The second kappa shape index (κ2) is 5.10. The van der Waals surface area contributed by atoms with E-state index < -0.39 is 17.7 Å². The minimum Gasteiger partial charge on any atom is -0.439 e.